The second-order valence-corrected chi connectivity index (χ2v) is 10.4. The van der Waals surface area contributed by atoms with Gasteiger partial charge in [-0.15, -0.1) is 0 Å². The van der Waals surface area contributed by atoms with Crippen molar-refractivity contribution in [2.45, 2.75) is 73.0 Å². The van der Waals surface area contributed by atoms with Crippen LogP contribution >= 0.6 is 0 Å². The Kier molecular flexibility index (Phi) is 13.2. The quantitative estimate of drug-likeness (QED) is 0.104. The van der Waals surface area contributed by atoms with E-state index in [-0.39, 0.29) is 25.2 Å². The monoisotopic (exact) mass is 551 g/mol. The molecule has 0 spiro atoms. The minimum atomic E-state index is -0.811. The summed E-state index contributed by atoms with van der Waals surface area (Å²) < 4.78 is 21.8. The fraction of sp³-hybridized carbons (Fsp3) is 0.500. The fourth-order valence-electron chi connectivity index (χ4n) is 3.99. The van der Waals surface area contributed by atoms with Crippen LogP contribution in [0.5, 0.6) is 5.75 Å². The average Bonchev–Trinajstić information content (AvgIpc) is 2.92. The van der Waals surface area contributed by atoms with E-state index in [0.717, 1.165) is 16.9 Å². The first-order chi connectivity index (χ1) is 19.0. The van der Waals surface area contributed by atoms with Crippen LogP contribution in [0.4, 0.5) is 5.69 Å². The zero-order valence-corrected chi connectivity index (χ0v) is 24.3. The highest BCUT2D eigenvalue weighted by Crippen LogP contribution is 2.26. The standard InChI is InChI=1S/C32H41NO7/c1-21(2)39-31(35)24(6)29(32(36)40-22(3)4)20-23(5)30(34)38-19-9-8-18-37-28-16-12-26(13-17-28)25-10-14-27(33-7)15-11-25/h10-17,21-24,29H,8-9,18-20H2,1-6H3. The minimum Gasteiger partial charge on any atom is -0.494 e. The van der Waals surface area contributed by atoms with Crippen LogP contribution in [0.25, 0.3) is 16.0 Å². The summed E-state index contributed by atoms with van der Waals surface area (Å²) in [5.41, 5.74) is 2.68. The van der Waals surface area contributed by atoms with Crippen LogP contribution < -0.4 is 4.74 Å². The maximum Gasteiger partial charge on any atom is 0.310 e. The highest BCUT2D eigenvalue weighted by atomic mass is 16.6. The molecule has 0 saturated heterocycles. The molecule has 0 aliphatic carbocycles. The Hall–Kier alpha value is -3.86. The molecule has 0 amide bonds. The summed E-state index contributed by atoms with van der Waals surface area (Å²) in [5, 5.41) is 0. The molecule has 2 aromatic rings. The molecule has 40 heavy (non-hydrogen) atoms. The Morgan fingerprint density at radius 2 is 1.25 bits per heavy atom. The fourth-order valence-corrected chi connectivity index (χ4v) is 3.99. The van der Waals surface area contributed by atoms with E-state index in [9.17, 15) is 14.4 Å². The Bertz CT molecular complexity index is 1130. The van der Waals surface area contributed by atoms with Crippen LogP contribution in [-0.2, 0) is 28.6 Å². The zero-order valence-electron chi connectivity index (χ0n) is 24.3. The number of rotatable bonds is 15. The number of benzene rings is 2. The van der Waals surface area contributed by atoms with Gasteiger partial charge in [0, 0.05) is 0 Å². The molecular formula is C32H41NO7. The number of ether oxygens (including phenoxy) is 4. The van der Waals surface area contributed by atoms with Crippen molar-refractivity contribution in [3.05, 3.63) is 59.9 Å². The molecule has 0 heterocycles. The van der Waals surface area contributed by atoms with E-state index in [1.54, 1.807) is 53.7 Å². The Morgan fingerprint density at radius 3 is 1.80 bits per heavy atom. The van der Waals surface area contributed by atoms with Gasteiger partial charge in [-0.2, -0.15) is 0 Å². The van der Waals surface area contributed by atoms with Gasteiger partial charge in [0.05, 0.1) is 49.7 Å². The lowest BCUT2D eigenvalue weighted by Crippen LogP contribution is -2.35. The van der Waals surface area contributed by atoms with E-state index in [2.05, 4.69) is 4.85 Å². The number of hydrogen-bond donors (Lipinski definition) is 0. The smallest absolute Gasteiger partial charge is 0.310 e. The molecule has 0 fully saturated rings. The van der Waals surface area contributed by atoms with Crippen LogP contribution in [0.15, 0.2) is 48.5 Å². The average molecular weight is 552 g/mol. The lowest BCUT2D eigenvalue weighted by Gasteiger charge is -2.25. The summed E-state index contributed by atoms with van der Waals surface area (Å²) in [7, 11) is 0. The largest absolute Gasteiger partial charge is 0.494 e. The van der Waals surface area contributed by atoms with Crippen LogP contribution in [0.3, 0.4) is 0 Å². The molecule has 0 aliphatic heterocycles. The van der Waals surface area contributed by atoms with Gasteiger partial charge in [0.1, 0.15) is 5.75 Å². The highest BCUT2D eigenvalue weighted by Gasteiger charge is 2.36. The van der Waals surface area contributed by atoms with E-state index >= 15 is 0 Å². The number of carbonyl (C=O) groups excluding carboxylic acids is 3. The predicted octanol–water partition coefficient (Wildman–Crippen LogP) is 6.79. The van der Waals surface area contributed by atoms with Crippen LogP contribution in [0, 0.1) is 24.3 Å². The van der Waals surface area contributed by atoms with Gasteiger partial charge < -0.3 is 18.9 Å². The summed E-state index contributed by atoms with van der Waals surface area (Å²) in [6.07, 6.45) is 0.802. The van der Waals surface area contributed by atoms with Crippen molar-refractivity contribution in [3.8, 4) is 16.9 Å². The van der Waals surface area contributed by atoms with Gasteiger partial charge in [0.25, 0.3) is 0 Å². The van der Waals surface area contributed by atoms with Gasteiger partial charge in [-0.3, -0.25) is 14.4 Å². The Labute approximate surface area is 237 Å². The van der Waals surface area contributed by atoms with Gasteiger partial charge in [-0.25, -0.2) is 4.85 Å². The van der Waals surface area contributed by atoms with E-state index in [1.165, 1.54) is 0 Å². The van der Waals surface area contributed by atoms with Crippen molar-refractivity contribution in [2.75, 3.05) is 13.2 Å². The van der Waals surface area contributed by atoms with Gasteiger partial charge >= 0.3 is 17.9 Å². The molecule has 2 aromatic carbocycles. The van der Waals surface area contributed by atoms with Gasteiger partial charge in [-0.1, -0.05) is 50.2 Å². The van der Waals surface area contributed by atoms with Crippen molar-refractivity contribution >= 4 is 23.6 Å². The number of hydrogen-bond acceptors (Lipinski definition) is 7. The molecule has 0 N–H and O–H groups in total. The third kappa shape index (κ3) is 10.7. The molecule has 3 unspecified atom stereocenters. The van der Waals surface area contributed by atoms with E-state index < -0.39 is 35.7 Å². The third-order valence-electron chi connectivity index (χ3n) is 6.23. The molecule has 3 atom stereocenters. The molecule has 0 bridgehead atoms. The molecule has 0 radical (unpaired) electrons. The lowest BCUT2D eigenvalue weighted by atomic mass is 9.85. The number of carbonyl (C=O) groups is 3. The first-order valence-corrected chi connectivity index (χ1v) is 13.8. The maximum absolute atomic E-state index is 12.7. The molecule has 8 heteroatoms. The van der Waals surface area contributed by atoms with Crippen LogP contribution in [-0.4, -0.2) is 43.3 Å². The third-order valence-corrected chi connectivity index (χ3v) is 6.23. The van der Waals surface area contributed by atoms with Crippen LogP contribution in [0.2, 0.25) is 0 Å². The molecule has 8 nitrogen and oxygen atoms in total. The SMILES string of the molecule is [C-]#[N+]c1ccc(-c2ccc(OCCCCOC(=O)C(C)CC(C(=O)OC(C)C)C(C)C(=O)OC(C)C)cc2)cc1. The Balaban J connectivity index is 1.76. The van der Waals surface area contributed by atoms with Gasteiger partial charge in [0.15, 0.2) is 5.69 Å². The predicted molar refractivity (Wildman–Crippen MR) is 153 cm³/mol. The van der Waals surface area contributed by atoms with E-state index in [4.69, 9.17) is 25.5 Å². The Morgan fingerprint density at radius 1 is 0.725 bits per heavy atom. The molecule has 0 aromatic heterocycles. The van der Waals surface area contributed by atoms with Crippen molar-refractivity contribution in [1.29, 1.82) is 0 Å². The second kappa shape index (κ2) is 16.3. The lowest BCUT2D eigenvalue weighted by molar-refractivity contribution is -0.166. The summed E-state index contributed by atoms with van der Waals surface area (Å²) in [4.78, 5) is 41.2. The minimum absolute atomic E-state index is 0.127. The molecular weight excluding hydrogens is 510 g/mol. The van der Waals surface area contributed by atoms with Gasteiger partial charge in [0.2, 0.25) is 0 Å². The zero-order chi connectivity index (χ0) is 29.7. The van der Waals surface area contributed by atoms with Crippen molar-refractivity contribution < 1.29 is 33.3 Å². The van der Waals surface area contributed by atoms with Crippen LogP contribution in [0.1, 0.15) is 60.8 Å². The van der Waals surface area contributed by atoms with Crippen molar-refractivity contribution in [2.24, 2.45) is 17.8 Å². The van der Waals surface area contributed by atoms with Crippen molar-refractivity contribution in [1.82, 2.24) is 0 Å². The normalized spacial score (nSPS) is 13.2. The number of esters is 3. The maximum atomic E-state index is 12.7. The number of unbranched alkanes of at least 4 members (excludes halogenated alkanes) is 1. The molecule has 216 valence electrons. The number of nitrogens with zero attached hydrogens (tertiary/aromatic N) is 1. The second-order valence-electron chi connectivity index (χ2n) is 10.4. The summed E-state index contributed by atoms with van der Waals surface area (Å²) in [6, 6.07) is 15.2. The first kappa shape index (κ1) is 32.4. The summed E-state index contributed by atoms with van der Waals surface area (Å²) in [6.45, 7) is 18.0. The topological polar surface area (TPSA) is 92.5 Å². The molecule has 2 rings (SSSR count). The molecule has 0 aliphatic rings. The summed E-state index contributed by atoms with van der Waals surface area (Å²) >= 11 is 0. The first-order valence-electron chi connectivity index (χ1n) is 13.8. The van der Waals surface area contributed by atoms with Gasteiger partial charge in [-0.05, 0) is 70.2 Å². The molecule has 0 saturated carbocycles. The summed E-state index contributed by atoms with van der Waals surface area (Å²) in [5.74, 6) is -2.85. The van der Waals surface area contributed by atoms with E-state index in [1.807, 2.05) is 36.4 Å². The van der Waals surface area contributed by atoms with E-state index in [0.29, 0.717) is 25.1 Å². The highest BCUT2D eigenvalue weighted by molar-refractivity contribution is 5.83. The van der Waals surface area contributed by atoms with Crippen molar-refractivity contribution in [3.63, 3.8) is 0 Å².